The van der Waals surface area contributed by atoms with Crippen LogP contribution in [0.15, 0.2) is 29.4 Å². The molecule has 1 aromatic carbocycles. The average molecular weight is 384 g/mol. The number of thiocarbonyl (C=S) groups is 1. The molecule has 0 saturated heterocycles. The van der Waals surface area contributed by atoms with Crippen molar-refractivity contribution in [3.8, 4) is 5.69 Å². The smallest absolute Gasteiger partial charge is 0.187 e. The van der Waals surface area contributed by atoms with Crippen molar-refractivity contribution >= 4 is 35.1 Å². The van der Waals surface area contributed by atoms with Crippen molar-refractivity contribution in [2.75, 3.05) is 13.7 Å². The number of nitrogens with one attached hydrogen (secondary N) is 2. The van der Waals surface area contributed by atoms with E-state index in [2.05, 4.69) is 20.9 Å². The lowest BCUT2D eigenvalue weighted by Gasteiger charge is -2.13. The van der Waals surface area contributed by atoms with Gasteiger partial charge in [-0.3, -0.25) is 5.43 Å². The highest BCUT2D eigenvalue weighted by Crippen LogP contribution is 2.22. The van der Waals surface area contributed by atoms with Gasteiger partial charge in [0.1, 0.15) is 11.0 Å². The second-order valence-corrected chi connectivity index (χ2v) is 6.14. The van der Waals surface area contributed by atoms with E-state index in [9.17, 15) is 4.39 Å². The monoisotopic (exact) mass is 383 g/mol. The van der Waals surface area contributed by atoms with Crippen LogP contribution in [0.4, 0.5) is 4.39 Å². The van der Waals surface area contributed by atoms with Gasteiger partial charge >= 0.3 is 0 Å². The van der Waals surface area contributed by atoms with Crippen LogP contribution in [-0.2, 0) is 4.74 Å². The van der Waals surface area contributed by atoms with Crippen LogP contribution in [0.1, 0.15) is 18.2 Å². The van der Waals surface area contributed by atoms with E-state index in [0.717, 1.165) is 0 Å². The molecular formula is C16H19ClFN5OS. The first kappa shape index (κ1) is 19.3. The topological polar surface area (TPSA) is 63.5 Å². The molecule has 1 heterocycles. The molecule has 1 aromatic heterocycles. The summed E-state index contributed by atoms with van der Waals surface area (Å²) in [6.07, 6.45) is 1.54. The predicted molar refractivity (Wildman–Crippen MR) is 101 cm³/mol. The first-order chi connectivity index (χ1) is 11.9. The zero-order valence-electron chi connectivity index (χ0n) is 14.1. The summed E-state index contributed by atoms with van der Waals surface area (Å²) in [5, 5.41) is 12.2. The van der Waals surface area contributed by atoms with Crippen LogP contribution in [0, 0.1) is 12.7 Å². The maximum absolute atomic E-state index is 13.1. The van der Waals surface area contributed by atoms with E-state index in [1.54, 1.807) is 25.5 Å². The number of hydrazone groups is 1. The number of aromatic nitrogens is 2. The predicted octanol–water partition coefficient (Wildman–Crippen LogP) is 2.81. The van der Waals surface area contributed by atoms with Gasteiger partial charge in [-0.1, -0.05) is 11.6 Å². The quantitative estimate of drug-likeness (QED) is 0.456. The summed E-state index contributed by atoms with van der Waals surface area (Å²) >= 11 is 11.5. The number of benzene rings is 1. The van der Waals surface area contributed by atoms with Gasteiger partial charge in [-0.05, 0) is 50.3 Å². The summed E-state index contributed by atoms with van der Waals surface area (Å²) in [5.74, 6) is -0.321. The molecule has 0 amide bonds. The number of halogens is 2. The molecule has 9 heteroatoms. The van der Waals surface area contributed by atoms with Crippen molar-refractivity contribution in [2.24, 2.45) is 5.10 Å². The van der Waals surface area contributed by atoms with Gasteiger partial charge < -0.3 is 10.1 Å². The van der Waals surface area contributed by atoms with E-state index in [1.807, 2.05) is 13.8 Å². The molecule has 25 heavy (non-hydrogen) atoms. The number of methoxy groups -OCH3 is 1. The molecule has 6 nitrogen and oxygen atoms in total. The van der Waals surface area contributed by atoms with Crippen molar-refractivity contribution in [3.05, 3.63) is 46.5 Å². The van der Waals surface area contributed by atoms with Crippen LogP contribution in [0.25, 0.3) is 5.69 Å². The van der Waals surface area contributed by atoms with Crippen LogP contribution in [0.2, 0.25) is 5.15 Å². The van der Waals surface area contributed by atoms with Crippen molar-refractivity contribution in [1.29, 1.82) is 0 Å². The Morgan fingerprint density at radius 3 is 2.80 bits per heavy atom. The summed E-state index contributed by atoms with van der Waals surface area (Å²) < 4.78 is 19.6. The summed E-state index contributed by atoms with van der Waals surface area (Å²) in [7, 11) is 1.62. The van der Waals surface area contributed by atoms with Gasteiger partial charge in [-0.2, -0.15) is 10.2 Å². The van der Waals surface area contributed by atoms with Crippen LogP contribution in [0.3, 0.4) is 0 Å². The molecule has 0 aliphatic heterocycles. The summed E-state index contributed by atoms with van der Waals surface area (Å²) in [5.41, 5.74) is 4.71. The lowest BCUT2D eigenvalue weighted by molar-refractivity contribution is 0.179. The lowest BCUT2D eigenvalue weighted by atomic mass is 10.3. The fourth-order valence-corrected chi connectivity index (χ4v) is 2.69. The molecule has 1 atom stereocenters. The van der Waals surface area contributed by atoms with E-state index in [-0.39, 0.29) is 11.9 Å². The molecule has 134 valence electrons. The fraction of sp³-hybridized carbons (Fsp3) is 0.312. The summed E-state index contributed by atoms with van der Waals surface area (Å²) in [4.78, 5) is 0. The first-order valence-electron chi connectivity index (χ1n) is 7.52. The Morgan fingerprint density at radius 2 is 2.16 bits per heavy atom. The zero-order chi connectivity index (χ0) is 18.4. The van der Waals surface area contributed by atoms with Gasteiger partial charge in [0.25, 0.3) is 0 Å². The molecule has 0 fully saturated rings. The van der Waals surface area contributed by atoms with Gasteiger partial charge in [0.05, 0.1) is 29.8 Å². The molecule has 2 N–H and O–H groups in total. The molecule has 0 bridgehead atoms. The van der Waals surface area contributed by atoms with Gasteiger partial charge in [-0.15, -0.1) is 0 Å². The third-order valence-electron chi connectivity index (χ3n) is 3.27. The van der Waals surface area contributed by atoms with Gasteiger partial charge in [0, 0.05) is 13.2 Å². The van der Waals surface area contributed by atoms with Crippen molar-refractivity contribution < 1.29 is 9.13 Å². The Bertz CT molecular complexity index is 763. The molecule has 0 aliphatic rings. The zero-order valence-corrected chi connectivity index (χ0v) is 15.7. The molecule has 0 saturated carbocycles. The number of hydrogen-bond acceptors (Lipinski definition) is 4. The van der Waals surface area contributed by atoms with E-state index in [1.165, 1.54) is 16.8 Å². The maximum Gasteiger partial charge on any atom is 0.187 e. The fourth-order valence-electron chi connectivity index (χ4n) is 2.11. The van der Waals surface area contributed by atoms with E-state index < -0.39 is 0 Å². The van der Waals surface area contributed by atoms with Crippen LogP contribution in [0.5, 0.6) is 0 Å². The molecule has 0 aliphatic carbocycles. The molecular weight excluding hydrogens is 365 g/mol. The summed E-state index contributed by atoms with van der Waals surface area (Å²) in [6.45, 7) is 4.28. The lowest BCUT2D eigenvalue weighted by Crippen LogP contribution is -2.40. The summed E-state index contributed by atoms with van der Waals surface area (Å²) in [6, 6.07) is 5.96. The van der Waals surface area contributed by atoms with E-state index in [0.29, 0.717) is 33.8 Å². The standard InChI is InChI=1S/C16H19ClFN5OS/c1-10(9-24-3)20-16(25)21-19-8-14-11(2)22-23(15(14)17)13-6-4-12(18)5-7-13/h4-8,10H,9H2,1-3H3,(H2,20,21,25)/b19-8-/t10-/m0/s1. The van der Waals surface area contributed by atoms with Crippen LogP contribution < -0.4 is 10.7 Å². The number of ether oxygens (including phenoxy) is 1. The molecule has 0 unspecified atom stereocenters. The molecule has 2 rings (SSSR count). The Kier molecular flexibility index (Phi) is 6.86. The number of hydrogen-bond donors (Lipinski definition) is 2. The van der Waals surface area contributed by atoms with Gasteiger partial charge in [0.2, 0.25) is 0 Å². The Balaban J connectivity index is 2.07. The Hall–Kier alpha value is -2.03. The van der Waals surface area contributed by atoms with Gasteiger partial charge in [-0.25, -0.2) is 9.07 Å². The third-order valence-corrected chi connectivity index (χ3v) is 3.85. The minimum absolute atomic E-state index is 0.0618. The van der Waals surface area contributed by atoms with Crippen molar-refractivity contribution in [2.45, 2.75) is 19.9 Å². The van der Waals surface area contributed by atoms with Gasteiger partial charge in [0.15, 0.2) is 5.11 Å². The Labute approximate surface area is 156 Å². The minimum atomic E-state index is -0.321. The second kappa shape index (κ2) is 8.89. The normalized spacial score (nSPS) is 12.4. The van der Waals surface area contributed by atoms with E-state index >= 15 is 0 Å². The third kappa shape index (κ3) is 5.22. The highest BCUT2D eigenvalue weighted by Gasteiger charge is 2.13. The Morgan fingerprint density at radius 1 is 1.48 bits per heavy atom. The van der Waals surface area contributed by atoms with Crippen molar-refractivity contribution in [1.82, 2.24) is 20.5 Å². The number of nitrogens with zero attached hydrogens (tertiary/aromatic N) is 3. The van der Waals surface area contributed by atoms with Crippen molar-refractivity contribution in [3.63, 3.8) is 0 Å². The second-order valence-electron chi connectivity index (χ2n) is 5.38. The molecule has 0 radical (unpaired) electrons. The van der Waals surface area contributed by atoms with Crippen LogP contribution in [-0.4, -0.2) is 40.9 Å². The number of aryl methyl sites for hydroxylation is 1. The highest BCUT2D eigenvalue weighted by molar-refractivity contribution is 7.80. The minimum Gasteiger partial charge on any atom is -0.383 e. The SMILES string of the molecule is COC[C@H](C)NC(=S)N/N=C\c1c(C)nn(-c2ccc(F)cc2)c1Cl. The highest BCUT2D eigenvalue weighted by atomic mass is 35.5. The largest absolute Gasteiger partial charge is 0.383 e. The maximum atomic E-state index is 13.1. The number of rotatable bonds is 6. The molecule has 2 aromatic rings. The van der Waals surface area contributed by atoms with E-state index in [4.69, 9.17) is 28.6 Å². The average Bonchev–Trinajstić information content (AvgIpc) is 2.84. The van der Waals surface area contributed by atoms with Crippen LogP contribution >= 0.6 is 23.8 Å². The first-order valence-corrected chi connectivity index (χ1v) is 8.30. The molecule has 0 spiro atoms.